The van der Waals surface area contributed by atoms with Crippen LogP contribution in [0.4, 0.5) is 0 Å². The van der Waals surface area contributed by atoms with Crippen molar-refractivity contribution >= 4 is 0 Å². The Labute approximate surface area is 127 Å². The third-order valence-corrected chi connectivity index (χ3v) is 4.15. The topological polar surface area (TPSA) is 47.9 Å². The monoisotopic (exact) mass is 294 g/mol. The van der Waals surface area contributed by atoms with E-state index in [1.165, 1.54) is 0 Å². The van der Waals surface area contributed by atoms with Crippen molar-refractivity contribution < 1.29 is 19.3 Å². The van der Waals surface area contributed by atoms with Crippen LogP contribution in [0.1, 0.15) is 42.9 Å². The van der Waals surface area contributed by atoms with Crippen LogP contribution < -0.4 is 4.74 Å². The first-order valence-electron chi connectivity index (χ1n) is 7.61. The van der Waals surface area contributed by atoms with Crippen molar-refractivity contribution in [1.29, 1.82) is 0 Å². The van der Waals surface area contributed by atoms with Gasteiger partial charge in [0.05, 0.1) is 25.9 Å². The van der Waals surface area contributed by atoms with Gasteiger partial charge in [0.15, 0.2) is 0 Å². The molecule has 0 aromatic heterocycles. The first kappa shape index (κ1) is 16.3. The molecule has 3 atom stereocenters. The molecule has 1 aromatic carbocycles. The molecule has 0 radical (unpaired) electrons. The first-order chi connectivity index (χ1) is 10.1. The number of aliphatic hydroxyl groups is 1. The number of ether oxygens (including phenoxy) is 3. The molecule has 0 aliphatic heterocycles. The Balaban J connectivity index is 1.92. The van der Waals surface area contributed by atoms with E-state index in [9.17, 15) is 5.11 Å². The zero-order valence-electron chi connectivity index (χ0n) is 13.2. The minimum absolute atomic E-state index is 0.175. The van der Waals surface area contributed by atoms with Crippen LogP contribution in [0.3, 0.4) is 0 Å². The molecule has 1 saturated carbocycles. The van der Waals surface area contributed by atoms with Crippen LogP contribution in [0.15, 0.2) is 18.2 Å². The lowest BCUT2D eigenvalue weighted by atomic mass is 9.95. The number of aryl methyl sites for hydroxylation is 1. The van der Waals surface area contributed by atoms with Gasteiger partial charge in [-0.3, -0.25) is 0 Å². The molecule has 0 bridgehead atoms. The molecule has 4 nitrogen and oxygen atoms in total. The minimum Gasteiger partial charge on any atom is -0.496 e. The summed E-state index contributed by atoms with van der Waals surface area (Å²) in [5.41, 5.74) is 1.89. The predicted octanol–water partition coefficient (Wildman–Crippen LogP) is 3.01. The fourth-order valence-corrected chi connectivity index (χ4v) is 2.90. The van der Waals surface area contributed by atoms with Gasteiger partial charge in [-0.25, -0.2) is 0 Å². The maximum absolute atomic E-state index is 10.4. The zero-order chi connectivity index (χ0) is 15.2. The van der Waals surface area contributed by atoms with Crippen molar-refractivity contribution in [2.24, 2.45) is 0 Å². The van der Waals surface area contributed by atoms with E-state index in [1.54, 1.807) is 14.2 Å². The first-order valence-corrected chi connectivity index (χ1v) is 7.61. The van der Waals surface area contributed by atoms with Crippen LogP contribution in [-0.2, 0) is 9.47 Å². The lowest BCUT2D eigenvalue weighted by molar-refractivity contribution is -0.0573. The summed E-state index contributed by atoms with van der Waals surface area (Å²) in [6.45, 7) is 2.29. The summed E-state index contributed by atoms with van der Waals surface area (Å²) in [6, 6.07) is 5.81. The Morgan fingerprint density at radius 2 is 2.00 bits per heavy atom. The standard InChI is InChI=1S/C17H26O4/c1-12-7-8-17(20-3)15(9-12)16(18)11-21-14-6-4-5-13(10-14)19-2/h7-9,13-14,16,18H,4-6,10-11H2,1-3H3. The molecule has 3 unspecified atom stereocenters. The molecule has 2 rings (SSSR count). The van der Waals surface area contributed by atoms with Crippen molar-refractivity contribution in [3.8, 4) is 5.75 Å². The Morgan fingerprint density at radius 1 is 1.24 bits per heavy atom. The Bertz CT molecular complexity index is 446. The highest BCUT2D eigenvalue weighted by atomic mass is 16.5. The molecule has 0 spiro atoms. The smallest absolute Gasteiger partial charge is 0.124 e. The second-order valence-corrected chi connectivity index (χ2v) is 5.74. The minimum atomic E-state index is -0.664. The molecule has 1 aliphatic carbocycles. The second-order valence-electron chi connectivity index (χ2n) is 5.74. The van der Waals surface area contributed by atoms with E-state index >= 15 is 0 Å². The number of benzene rings is 1. The summed E-state index contributed by atoms with van der Waals surface area (Å²) in [5, 5.41) is 10.4. The van der Waals surface area contributed by atoms with Gasteiger partial charge in [0, 0.05) is 12.7 Å². The Hall–Kier alpha value is -1.10. The average molecular weight is 294 g/mol. The molecule has 1 aromatic rings. The molecule has 4 heteroatoms. The van der Waals surface area contributed by atoms with Gasteiger partial charge in [-0.1, -0.05) is 11.6 Å². The average Bonchev–Trinajstić information content (AvgIpc) is 2.52. The molecule has 21 heavy (non-hydrogen) atoms. The van der Waals surface area contributed by atoms with Crippen LogP contribution in [0.2, 0.25) is 0 Å². The van der Waals surface area contributed by atoms with Crippen molar-refractivity contribution in [3.05, 3.63) is 29.3 Å². The van der Waals surface area contributed by atoms with E-state index in [2.05, 4.69) is 0 Å². The van der Waals surface area contributed by atoms with Gasteiger partial charge in [0.25, 0.3) is 0 Å². The molecule has 118 valence electrons. The number of hydrogen-bond donors (Lipinski definition) is 1. The van der Waals surface area contributed by atoms with E-state index < -0.39 is 6.10 Å². The van der Waals surface area contributed by atoms with E-state index in [4.69, 9.17) is 14.2 Å². The van der Waals surface area contributed by atoms with Crippen LogP contribution >= 0.6 is 0 Å². The molecule has 0 heterocycles. The summed E-state index contributed by atoms with van der Waals surface area (Å²) < 4.78 is 16.6. The molecular weight excluding hydrogens is 268 g/mol. The van der Waals surface area contributed by atoms with Gasteiger partial charge in [0.1, 0.15) is 11.9 Å². The van der Waals surface area contributed by atoms with Gasteiger partial charge in [-0.2, -0.15) is 0 Å². The number of hydrogen-bond acceptors (Lipinski definition) is 4. The maximum Gasteiger partial charge on any atom is 0.124 e. The summed E-state index contributed by atoms with van der Waals surface area (Å²) >= 11 is 0. The summed E-state index contributed by atoms with van der Waals surface area (Å²) in [4.78, 5) is 0. The van der Waals surface area contributed by atoms with Crippen LogP contribution in [0, 0.1) is 6.92 Å². The van der Waals surface area contributed by atoms with Crippen LogP contribution in [-0.4, -0.2) is 38.1 Å². The number of aliphatic hydroxyl groups excluding tert-OH is 1. The molecule has 0 amide bonds. The van der Waals surface area contributed by atoms with Crippen molar-refractivity contribution in [2.45, 2.75) is 50.9 Å². The van der Waals surface area contributed by atoms with Crippen molar-refractivity contribution in [1.82, 2.24) is 0 Å². The molecule has 0 saturated heterocycles. The number of rotatable bonds is 6. The second kappa shape index (κ2) is 7.78. The van der Waals surface area contributed by atoms with Gasteiger partial charge in [0.2, 0.25) is 0 Å². The van der Waals surface area contributed by atoms with Gasteiger partial charge in [-0.05, 0) is 44.7 Å². The van der Waals surface area contributed by atoms with Gasteiger partial charge >= 0.3 is 0 Å². The lowest BCUT2D eigenvalue weighted by Crippen LogP contribution is -2.28. The third kappa shape index (κ3) is 4.43. The van der Waals surface area contributed by atoms with Gasteiger partial charge in [-0.15, -0.1) is 0 Å². The Morgan fingerprint density at radius 3 is 2.71 bits per heavy atom. The van der Waals surface area contributed by atoms with Crippen molar-refractivity contribution in [2.75, 3.05) is 20.8 Å². The van der Waals surface area contributed by atoms with Crippen LogP contribution in [0.5, 0.6) is 5.75 Å². The highest BCUT2D eigenvalue weighted by Crippen LogP contribution is 2.28. The molecule has 1 N–H and O–H groups in total. The summed E-state index contributed by atoms with van der Waals surface area (Å²) in [6.07, 6.45) is 3.97. The third-order valence-electron chi connectivity index (χ3n) is 4.15. The predicted molar refractivity (Wildman–Crippen MR) is 81.7 cm³/mol. The molecule has 1 aliphatic rings. The fourth-order valence-electron chi connectivity index (χ4n) is 2.90. The molecule has 1 fully saturated rings. The summed E-state index contributed by atoms with van der Waals surface area (Å²) in [7, 11) is 3.37. The van der Waals surface area contributed by atoms with E-state index in [0.29, 0.717) is 12.4 Å². The highest BCUT2D eigenvalue weighted by Gasteiger charge is 2.23. The maximum atomic E-state index is 10.4. The molecular formula is C17H26O4. The van der Waals surface area contributed by atoms with E-state index in [-0.39, 0.29) is 12.2 Å². The zero-order valence-corrected chi connectivity index (χ0v) is 13.2. The Kier molecular flexibility index (Phi) is 6.03. The van der Waals surface area contributed by atoms with E-state index in [1.807, 2.05) is 25.1 Å². The van der Waals surface area contributed by atoms with Crippen molar-refractivity contribution in [3.63, 3.8) is 0 Å². The SMILES string of the molecule is COc1ccc(C)cc1C(O)COC1CCCC(OC)C1. The highest BCUT2D eigenvalue weighted by molar-refractivity contribution is 5.38. The summed E-state index contributed by atoms with van der Waals surface area (Å²) in [5.74, 6) is 0.704. The largest absolute Gasteiger partial charge is 0.496 e. The van der Waals surface area contributed by atoms with E-state index in [0.717, 1.165) is 36.8 Å². The normalized spacial score (nSPS) is 23.8. The quantitative estimate of drug-likeness (QED) is 0.876. The number of methoxy groups -OCH3 is 2. The lowest BCUT2D eigenvalue weighted by Gasteiger charge is -2.29. The fraction of sp³-hybridized carbons (Fsp3) is 0.647. The van der Waals surface area contributed by atoms with Crippen LogP contribution in [0.25, 0.3) is 0 Å². The van der Waals surface area contributed by atoms with Gasteiger partial charge < -0.3 is 19.3 Å².